The molecule has 0 aliphatic rings. The van der Waals surface area contributed by atoms with Crippen molar-refractivity contribution >= 4 is 38.8 Å². The van der Waals surface area contributed by atoms with E-state index >= 15 is 0 Å². The lowest BCUT2D eigenvalue weighted by molar-refractivity contribution is 0.601. The number of nitrogens with zero attached hydrogens (tertiary/aromatic N) is 2. The molecule has 0 radical (unpaired) electrons. The molecule has 1 heterocycles. The monoisotopic (exact) mass is 384 g/mol. The van der Waals surface area contributed by atoms with Gasteiger partial charge in [-0.3, -0.25) is 4.72 Å². The van der Waals surface area contributed by atoms with Crippen LogP contribution in [0, 0.1) is 11.3 Å². The first-order chi connectivity index (χ1) is 12.5. The molecule has 0 bridgehead atoms. The molecule has 0 saturated heterocycles. The summed E-state index contributed by atoms with van der Waals surface area (Å²) in [6.07, 6.45) is 1.42. The molecule has 1 aromatic heterocycles. The van der Waals surface area contributed by atoms with Gasteiger partial charge in [-0.2, -0.15) is 5.26 Å². The first kappa shape index (κ1) is 17.7. The normalized spacial score (nSPS) is 10.8. The Morgan fingerprint density at radius 2 is 1.58 bits per heavy atom. The maximum absolute atomic E-state index is 12.3. The Hall–Kier alpha value is -3.08. The lowest BCUT2D eigenvalue weighted by atomic mass is 10.2. The molecule has 0 unspecified atom stereocenters. The van der Waals surface area contributed by atoms with Gasteiger partial charge < -0.3 is 5.32 Å². The Bertz CT molecular complexity index is 1040. The number of halogens is 1. The van der Waals surface area contributed by atoms with Crippen LogP contribution in [0.4, 0.5) is 17.2 Å². The number of benzene rings is 2. The van der Waals surface area contributed by atoms with Crippen molar-refractivity contribution in [2.45, 2.75) is 4.90 Å². The van der Waals surface area contributed by atoms with Gasteiger partial charge in [-0.15, -0.1) is 0 Å². The van der Waals surface area contributed by atoms with E-state index in [9.17, 15) is 8.42 Å². The van der Waals surface area contributed by atoms with Crippen molar-refractivity contribution in [1.29, 1.82) is 5.26 Å². The van der Waals surface area contributed by atoms with Crippen LogP contribution in [0.1, 0.15) is 5.56 Å². The van der Waals surface area contributed by atoms with E-state index in [4.69, 9.17) is 16.9 Å². The molecule has 0 atom stereocenters. The summed E-state index contributed by atoms with van der Waals surface area (Å²) in [4.78, 5) is 4.30. The first-order valence-corrected chi connectivity index (χ1v) is 9.34. The predicted octanol–water partition coefficient (Wildman–Crippen LogP) is 4.15. The fraction of sp³-hybridized carbons (Fsp3) is 0. The minimum Gasteiger partial charge on any atom is -0.340 e. The molecule has 0 amide bonds. The molecule has 3 aromatic rings. The van der Waals surface area contributed by atoms with Crippen molar-refractivity contribution in [1.82, 2.24) is 4.98 Å². The second-order valence-corrected chi connectivity index (χ2v) is 7.42. The van der Waals surface area contributed by atoms with Crippen LogP contribution >= 0.6 is 11.6 Å². The minimum absolute atomic E-state index is 0.113. The van der Waals surface area contributed by atoms with Gasteiger partial charge in [0.25, 0.3) is 10.0 Å². The van der Waals surface area contributed by atoms with E-state index in [2.05, 4.69) is 15.0 Å². The van der Waals surface area contributed by atoms with Crippen molar-refractivity contribution in [2.24, 2.45) is 0 Å². The van der Waals surface area contributed by atoms with Crippen LogP contribution in [0.25, 0.3) is 0 Å². The van der Waals surface area contributed by atoms with E-state index in [1.54, 1.807) is 36.4 Å². The molecule has 8 heteroatoms. The molecular formula is C18H13ClN4O2S. The van der Waals surface area contributed by atoms with Crippen molar-refractivity contribution in [3.05, 3.63) is 77.4 Å². The number of hydrogen-bond acceptors (Lipinski definition) is 5. The largest absolute Gasteiger partial charge is 0.340 e. The molecular weight excluding hydrogens is 372 g/mol. The molecule has 130 valence electrons. The highest BCUT2D eigenvalue weighted by atomic mass is 35.5. The van der Waals surface area contributed by atoms with Gasteiger partial charge in [0.05, 0.1) is 28.4 Å². The summed E-state index contributed by atoms with van der Waals surface area (Å²) < 4.78 is 27.1. The lowest BCUT2D eigenvalue weighted by Gasteiger charge is -2.09. The predicted molar refractivity (Wildman–Crippen MR) is 101 cm³/mol. The number of sulfonamides is 1. The second kappa shape index (κ2) is 7.44. The van der Waals surface area contributed by atoms with Crippen LogP contribution in [-0.2, 0) is 10.0 Å². The van der Waals surface area contributed by atoms with Gasteiger partial charge in [0.2, 0.25) is 0 Å². The summed E-state index contributed by atoms with van der Waals surface area (Å²) in [6, 6.07) is 18.1. The van der Waals surface area contributed by atoms with Crippen molar-refractivity contribution in [3.8, 4) is 6.07 Å². The van der Waals surface area contributed by atoms with E-state index in [0.717, 1.165) is 5.69 Å². The second-order valence-electron chi connectivity index (χ2n) is 5.31. The average Bonchev–Trinajstić information content (AvgIpc) is 2.64. The van der Waals surface area contributed by atoms with Gasteiger partial charge in [-0.05, 0) is 60.7 Å². The summed E-state index contributed by atoms with van der Waals surface area (Å²) in [5, 5.41) is 12.3. The highest BCUT2D eigenvalue weighted by Crippen LogP contribution is 2.20. The Labute approximate surface area is 156 Å². The fourth-order valence-corrected chi connectivity index (χ4v) is 3.30. The molecule has 0 aliphatic carbocycles. The number of pyridine rings is 1. The van der Waals surface area contributed by atoms with Gasteiger partial charge in [-0.25, -0.2) is 13.4 Å². The molecule has 0 spiro atoms. The molecule has 2 aromatic carbocycles. The fourth-order valence-electron chi connectivity index (χ4n) is 2.13. The van der Waals surface area contributed by atoms with Crippen LogP contribution < -0.4 is 10.0 Å². The molecule has 0 saturated carbocycles. The molecule has 3 rings (SSSR count). The summed E-state index contributed by atoms with van der Waals surface area (Å²) in [5.74, 6) is 0.546. The molecule has 6 nitrogen and oxygen atoms in total. The lowest BCUT2D eigenvalue weighted by Crippen LogP contribution is -2.13. The third-order valence-corrected chi connectivity index (χ3v) is 5.08. The standard InChI is InChI=1S/C18H13ClN4O2S/c19-14-3-8-17(9-4-14)26(24,25)23-16-7-10-18(21-12-16)22-15-5-1-13(11-20)2-6-15/h1-10,12,23H,(H,21,22). The molecule has 0 aliphatic heterocycles. The zero-order valence-electron chi connectivity index (χ0n) is 13.3. The van der Waals surface area contributed by atoms with Crippen LogP contribution in [0.3, 0.4) is 0 Å². The highest BCUT2D eigenvalue weighted by Gasteiger charge is 2.14. The van der Waals surface area contributed by atoms with Gasteiger partial charge in [0.1, 0.15) is 5.82 Å². The van der Waals surface area contributed by atoms with Crippen LogP contribution in [-0.4, -0.2) is 13.4 Å². The number of aromatic nitrogens is 1. The SMILES string of the molecule is N#Cc1ccc(Nc2ccc(NS(=O)(=O)c3ccc(Cl)cc3)cn2)cc1. The van der Waals surface area contributed by atoms with E-state index in [0.29, 0.717) is 22.1 Å². The van der Waals surface area contributed by atoms with Gasteiger partial charge in [0.15, 0.2) is 0 Å². The number of nitriles is 1. The van der Waals surface area contributed by atoms with Gasteiger partial charge in [-0.1, -0.05) is 11.6 Å². The highest BCUT2D eigenvalue weighted by molar-refractivity contribution is 7.92. The number of rotatable bonds is 5. The third kappa shape index (κ3) is 4.30. The number of nitrogens with one attached hydrogen (secondary N) is 2. The van der Waals surface area contributed by atoms with Crippen LogP contribution in [0.2, 0.25) is 5.02 Å². The van der Waals surface area contributed by atoms with E-state index in [1.807, 2.05) is 6.07 Å². The summed E-state index contributed by atoms with van der Waals surface area (Å²) in [7, 11) is -3.71. The van der Waals surface area contributed by atoms with Crippen LogP contribution in [0.5, 0.6) is 0 Å². The Morgan fingerprint density at radius 3 is 2.15 bits per heavy atom. The van der Waals surface area contributed by atoms with Crippen molar-refractivity contribution < 1.29 is 8.42 Å². The third-order valence-electron chi connectivity index (χ3n) is 3.43. The smallest absolute Gasteiger partial charge is 0.261 e. The Morgan fingerprint density at radius 1 is 0.923 bits per heavy atom. The maximum Gasteiger partial charge on any atom is 0.261 e. The van der Waals surface area contributed by atoms with Crippen molar-refractivity contribution in [2.75, 3.05) is 10.0 Å². The Kier molecular flexibility index (Phi) is 5.07. The molecule has 2 N–H and O–H groups in total. The maximum atomic E-state index is 12.3. The summed E-state index contributed by atoms with van der Waals surface area (Å²) >= 11 is 5.77. The quantitative estimate of drug-likeness (QED) is 0.689. The molecule has 0 fully saturated rings. The zero-order chi connectivity index (χ0) is 18.6. The van der Waals surface area contributed by atoms with Crippen molar-refractivity contribution in [3.63, 3.8) is 0 Å². The van der Waals surface area contributed by atoms with Gasteiger partial charge >= 0.3 is 0 Å². The van der Waals surface area contributed by atoms with E-state index in [1.165, 1.54) is 30.5 Å². The summed E-state index contributed by atoms with van der Waals surface area (Å²) in [6.45, 7) is 0. The average molecular weight is 385 g/mol. The number of anilines is 3. The summed E-state index contributed by atoms with van der Waals surface area (Å²) in [5.41, 5.74) is 1.67. The minimum atomic E-state index is -3.71. The van der Waals surface area contributed by atoms with E-state index in [-0.39, 0.29) is 4.90 Å². The van der Waals surface area contributed by atoms with Crippen LogP contribution in [0.15, 0.2) is 71.8 Å². The first-order valence-electron chi connectivity index (χ1n) is 7.48. The van der Waals surface area contributed by atoms with E-state index < -0.39 is 10.0 Å². The topological polar surface area (TPSA) is 94.9 Å². The number of hydrogen-bond donors (Lipinski definition) is 2. The Balaban J connectivity index is 1.71. The molecule has 26 heavy (non-hydrogen) atoms. The zero-order valence-corrected chi connectivity index (χ0v) is 14.9. The van der Waals surface area contributed by atoms with Gasteiger partial charge in [0, 0.05) is 10.7 Å².